The van der Waals surface area contributed by atoms with Crippen LogP contribution < -0.4 is 16.4 Å². The fourth-order valence-electron chi connectivity index (χ4n) is 1.82. The summed E-state index contributed by atoms with van der Waals surface area (Å²) in [6.07, 6.45) is 1.73. The van der Waals surface area contributed by atoms with Gasteiger partial charge in [-0.2, -0.15) is 0 Å². The van der Waals surface area contributed by atoms with Gasteiger partial charge in [0.05, 0.1) is 5.41 Å². The highest BCUT2D eigenvalue weighted by Gasteiger charge is 2.32. The number of rotatable bonds is 8. The van der Waals surface area contributed by atoms with Crippen LogP contribution in [-0.2, 0) is 9.59 Å². The molecule has 0 aromatic heterocycles. The normalized spacial score (nSPS) is 11.4. The van der Waals surface area contributed by atoms with Crippen LogP contribution in [0.5, 0.6) is 0 Å². The van der Waals surface area contributed by atoms with Crippen molar-refractivity contribution in [1.82, 2.24) is 10.6 Å². The first-order chi connectivity index (χ1) is 8.41. The second-order valence-electron chi connectivity index (χ2n) is 4.92. The van der Waals surface area contributed by atoms with Crippen molar-refractivity contribution in [2.75, 3.05) is 13.1 Å². The molecule has 0 heterocycles. The predicted molar refractivity (Wildman–Crippen MR) is 73.0 cm³/mol. The molecule has 0 rings (SSSR count). The molecule has 5 heteroatoms. The van der Waals surface area contributed by atoms with Gasteiger partial charge in [0.1, 0.15) is 0 Å². The first-order valence-electron chi connectivity index (χ1n) is 6.69. The monoisotopic (exact) mass is 257 g/mol. The third kappa shape index (κ3) is 5.04. The fourth-order valence-corrected chi connectivity index (χ4v) is 1.82. The fraction of sp³-hybridized carbons (Fsp3) is 0.846. The van der Waals surface area contributed by atoms with Gasteiger partial charge in [-0.3, -0.25) is 9.59 Å². The van der Waals surface area contributed by atoms with Gasteiger partial charge in [0, 0.05) is 25.6 Å². The van der Waals surface area contributed by atoms with Gasteiger partial charge >= 0.3 is 0 Å². The second-order valence-corrected chi connectivity index (χ2v) is 4.92. The summed E-state index contributed by atoms with van der Waals surface area (Å²) in [4.78, 5) is 23.4. The molecule has 0 aliphatic rings. The largest absolute Gasteiger partial charge is 0.355 e. The Morgan fingerprint density at radius 3 is 2.17 bits per heavy atom. The van der Waals surface area contributed by atoms with E-state index in [2.05, 4.69) is 10.6 Å². The molecule has 0 atom stereocenters. The lowest BCUT2D eigenvalue weighted by Crippen LogP contribution is -2.46. The maximum Gasteiger partial charge on any atom is 0.227 e. The zero-order valence-corrected chi connectivity index (χ0v) is 12.0. The minimum absolute atomic E-state index is 0.0448. The van der Waals surface area contributed by atoms with Gasteiger partial charge in [-0.15, -0.1) is 0 Å². The third-order valence-corrected chi connectivity index (χ3v) is 3.31. The molecule has 18 heavy (non-hydrogen) atoms. The number of carbonyl (C=O) groups excluding carboxylic acids is 2. The van der Waals surface area contributed by atoms with Crippen molar-refractivity contribution < 1.29 is 9.59 Å². The lowest BCUT2D eigenvalue weighted by atomic mass is 9.81. The van der Waals surface area contributed by atoms with E-state index in [4.69, 9.17) is 5.73 Å². The Morgan fingerprint density at radius 1 is 1.22 bits per heavy atom. The molecule has 0 aliphatic heterocycles. The Morgan fingerprint density at radius 2 is 1.78 bits per heavy atom. The third-order valence-electron chi connectivity index (χ3n) is 3.31. The van der Waals surface area contributed by atoms with Crippen LogP contribution in [0.15, 0.2) is 0 Å². The maximum atomic E-state index is 12.0. The van der Waals surface area contributed by atoms with Crippen LogP contribution in [0, 0.1) is 5.41 Å². The molecule has 0 saturated heterocycles. The Hall–Kier alpha value is -1.10. The van der Waals surface area contributed by atoms with Gasteiger partial charge in [0.15, 0.2) is 0 Å². The molecule has 4 N–H and O–H groups in total. The number of hydrogen-bond donors (Lipinski definition) is 3. The molecule has 2 amide bonds. The minimum Gasteiger partial charge on any atom is -0.355 e. The summed E-state index contributed by atoms with van der Waals surface area (Å²) in [5.41, 5.74) is 5.20. The molecule has 0 unspecified atom stereocenters. The zero-order valence-electron chi connectivity index (χ0n) is 12.0. The van der Waals surface area contributed by atoms with E-state index in [1.807, 2.05) is 27.7 Å². The summed E-state index contributed by atoms with van der Waals surface area (Å²) in [6, 6.07) is 0.127. The molecule has 5 nitrogen and oxygen atoms in total. The zero-order chi connectivity index (χ0) is 14.2. The van der Waals surface area contributed by atoms with E-state index in [1.54, 1.807) is 0 Å². The van der Waals surface area contributed by atoms with E-state index in [-0.39, 0.29) is 17.9 Å². The average Bonchev–Trinajstić information content (AvgIpc) is 2.31. The lowest BCUT2D eigenvalue weighted by molar-refractivity contribution is -0.131. The SMILES string of the molecule is CCC(CC)(CN)C(=O)NCCC(=O)NC(C)C. The minimum atomic E-state index is -0.492. The summed E-state index contributed by atoms with van der Waals surface area (Å²) >= 11 is 0. The summed E-state index contributed by atoms with van der Waals surface area (Å²) in [5.74, 6) is -0.0935. The predicted octanol–water partition coefficient (Wildman–Crippen LogP) is 0.782. The molecule has 0 spiro atoms. The molecule has 0 aliphatic carbocycles. The molecular weight excluding hydrogens is 230 g/mol. The number of amides is 2. The van der Waals surface area contributed by atoms with Gasteiger partial charge < -0.3 is 16.4 Å². The average molecular weight is 257 g/mol. The first kappa shape index (κ1) is 16.9. The van der Waals surface area contributed by atoms with Crippen LogP contribution in [0.25, 0.3) is 0 Å². The number of nitrogens with two attached hydrogens (primary N) is 1. The Balaban J connectivity index is 4.14. The van der Waals surface area contributed by atoms with E-state index in [0.717, 1.165) is 0 Å². The van der Waals surface area contributed by atoms with Gasteiger partial charge in [-0.25, -0.2) is 0 Å². The second kappa shape index (κ2) is 8.08. The summed E-state index contributed by atoms with van der Waals surface area (Å²) in [5, 5.41) is 5.58. The summed E-state index contributed by atoms with van der Waals surface area (Å²) in [7, 11) is 0. The van der Waals surface area contributed by atoms with Gasteiger partial charge in [0.2, 0.25) is 11.8 Å². The summed E-state index contributed by atoms with van der Waals surface area (Å²) in [6.45, 7) is 8.43. The molecule has 0 bridgehead atoms. The smallest absolute Gasteiger partial charge is 0.227 e. The van der Waals surface area contributed by atoms with Crippen LogP contribution in [0.2, 0.25) is 0 Å². The number of nitrogens with one attached hydrogen (secondary N) is 2. The van der Waals surface area contributed by atoms with Crippen LogP contribution >= 0.6 is 0 Å². The molecule has 0 fully saturated rings. The highest BCUT2D eigenvalue weighted by atomic mass is 16.2. The van der Waals surface area contributed by atoms with E-state index in [0.29, 0.717) is 32.4 Å². The molecule has 0 aromatic rings. The van der Waals surface area contributed by atoms with Crippen molar-refractivity contribution in [1.29, 1.82) is 0 Å². The molecule has 0 saturated carbocycles. The van der Waals surface area contributed by atoms with Gasteiger partial charge in [0.25, 0.3) is 0 Å². The molecule has 106 valence electrons. The van der Waals surface area contributed by atoms with Crippen LogP contribution in [0.3, 0.4) is 0 Å². The van der Waals surface area contributed by atoms with Crippen molar-refractivity contribution in [2.24, 2.45) is 11.1 Å². The quantitative estimate of drug-likeness (QED) is 0.601. The highest BCUT2D eigenvalue weighted by Crippen LogP contribution is 2.24. The first-order valence-corrected chi connectivity index (χ1v) is 6.69. The van der Waals surface area contributed by atoms with Crippen LogP contribution in [-0.4, -0.2) is 30.9 Å². The van der Waals surface area contributed by atoms with Gasteiger partial charge in [-0.05, 0) is 26.7 Å². The van der Waals surface area contributed by atoms with Crippen molar-refractivity contribution in [3.05, 3.63) is 0 Å². The maximum absolute atomic E-state index is 12.0. The Labute approximate surface area is 110 Å². The Kier molecular flexibility index (Phi) is 7.59. The highest BCUT2D eigenvalue weighted by molar-refractivity contribution is 5.83. The van der Waals surface area contributed by atoms with Crippen LogP contribution in [0.4, 0.5) is 0 Å². The van der Waals surface area contributed by atoms with E-state index >= 15 is 0 Å². The van der Waals surface area contributed by atoms with Gasteiger partial charge in [-0.1, -0.05) is 13.8 Å². The van der Waals surface area contributed by atoms with E-state index < -0.39 is 5.41 Å². The van der Waals surface area contributed by atoms with Crippen LogP contribution in [0.1, 0.15) is 47.0 Å². The van der Waals surface area contributed by atoms with E-state index in [9.17, 15) is 9.59 Å². The van der Waals surface area contributed by atoms with E-state index in [1.165, 1.54) is 0 Å². The number of hydrogen-bond acceptors (Lipinski definition) is 3. The van der Waals surface area contributed by atoms with Crippen molar-refractivity contribution >= 4 is 11.8 Å². The standard InChI is InChI=1S/C13H27N3O2/c1-5-13(6-2,9-14)12(18)15-8-7-11(17)16-10(3)4/h10H,5-9,14H2,1-4H3,(H,15,18)(H,16,17). The molecular formula is C13H27N3O2. The lowest BCUT2D eigenvalue weighted by Gasteiger charge is -2.28. The van der Waals surface area contributed by atoms with Crippen molar-refractivity contribution in [3.8, 4) is 0 Å². The Bertz CT molecular complexity index is 265. The van der Waals surface area contributed by atoms with Crippen molar-refractivity contribution in [3.63, 3.8) is 0 Å². The topological polar surface area (TPSA) is 84.2 Å². The molecule has 0 aromatic carbocycles. The number of carbonyl (C=O) groups is 2. The molecule has 0 radical (unpaired) electrons. The van der Waals surface area contributed by atoms with Crippen molar-refractivity contribution in [2.45, 2.75) is 53.0 Å². The summed E-state index contributed by atoms with van der Waals surface area (Å²) < 4.78 is 0.